The van der Waals surface area contributed by atoms with Crippen LogP contribution in [0, 0.1) is 12.8 Å². The second kappa shape index (κ2) is 5.36. The molecule has 5 nitrogen and oxygen atoms in total. The summed E-state index contributed by atoms with van der Waals surface area (Å²) in [6.45, 7) is 5.33. The Balaban J connectivity index is 2.47. The number of aryl methyl sites for hydroxylation is 1. The Morgan fingerprint density at radius 2 is 1.95 bits per heavy atom. The number of hydrogen-bond acceptors (Lipinski definition) is 4. The zero-order valence-electron chi connectivity index (χ0n) is 11.9. The van der Waals surface area contributed by atoms with E-state index in [1.165, 1.54) is 7.11 Å². The van der Waals surface area contributed by atoms with E-state index in [0.717, 1.165) is 11.2 Å². The average Bonchev–Trinajstić information content (AvgIpc) is 2.73. The van der Waals surface area contributed by atoms with Gasteiger partial charge in [-0.25, -0.2) is 4.79 Å². The average molecular weight is 275 g/mol. The summed E-state index contributed by atoms with van der Waals surface area (Å²) in [6.07, 6.45) is 0. The van der Waals surface area contributed by atoms with E-state index in [9.17, 15) is 9.59 Å². The van der Waals surface area contributed by atoms with Gasteiger partial charge in [0.1, 0.15) is 5.75 Å². The molecule has 1 aromatic heterocycles. The van der Waals surface area contributed by atoms with Gasteiger partial charge in [-0.1, -0.05) is 13.8 Å². The van der Waals surface area contributed by atoms with Crippen LogP contribution in [0.1, 0.15) is 29.9 Å². The Bertz CT molecular complexity index is 670. The third kappa shape index (κ3) is 2.52. The summed E-state index contributed by atoms with van der Waals surface area (Å²) in [5, 5.41) is 0.684. The van der Waals surface area contributed by atoms with Gasteiger partial charge in [-0.05, 0) is 25.1 Å². The minimum atomic E-state index is -0.416. The molecular formula is C15H17NO4. The number of aromatic nitrogens is 1. The van der Waals surface area contributed by atoms with E-state index in [-0.39, 0.29) is 11.9 Å². The van der Waals surface area contributed by atoms with Crippen molar-refractivity contribution in [2.24, 2.45) is 5.92 Å². The topological polar surface area (TPSA) is 68.4 Å². The number of methoxy groups -OCH3 is 1. The predicted octanol–water partition coefficient (Wildman–Crippen LogP) is 2.82. The number of ether oxygens (including phenoxy) is 2. The summed E-state index contributed by atoms with van der Waals surface area (Å²) in [5.41, 5.74) is 1.98. The fourth-order valence-electron chi connectivity index (χ4n) is 1.97. The standard InChI is InChI=1S/C15H17NO4/c1-8(2)14(17)20-10-5-6-12-11(7-10)13(9(3)16-12)15(18)19-4/h5-8,16H,1-4H3. The molecule has 0 aliphatic rings. The van der Waals surface area contributed by atoms with Gasteiger partial charge in [-0.2, -0.15) is 0 Å². The van der Waals surface area contributed by atoms with Gasteiger partial charge in [0.05, 0.1) is 18.6 Å². The third-order valence-electron chi connectivity index (χ3n) is 3.04. The molecule has 0 saturated carbocycles. The highest BCUT2D eigenvalue weighted by atomic mass is 16.5. The molecular weight excluding hydrogens is 258 g/mol. The molecule has 0 amide bonds. The Labute approximate surface area is 116 Å². The van der Waals surface area contributed by atoms with Crippen molar-refractivity contribution in [1.82, 2.24) is 4.98 Å². The van der Waals surface area contributed by atoms with E-state index < -0.39 is 5.97 Å². The van der Waals surface area contributed by atoms with Gasteiger partial charge in [0.25, 0.3) is 0 Å². The van der Waals surface area contributed by atoms with Crippen LogP contribution in [0.4, 0.5) is 0 Å². The van der Waals surface area contributed by atoms with Gasteiger partial charge < -0.3 is 14.5 Å². The molecule has 0 aliphatic heterocycles. The maximum Gasteiger partial charge on any atom is 0.340 e. The second-order valence-electron chi connectivity index (χ2n) is 4.90. The molecule has 0 unspecified atom stereocenters. The summed E-state index contributed by atoms with van der Waals surface area (Å²) >= 11 is 0. The van der Waals surface area contributed by atoms with Gasteiger partial charge in [0.15, 0.2) is 0 Å². The van der Waals surface area contributed by atoms with Crippen molar-refractivity contribution in [3.05, 3.63) is 29.5 Å². The number of carbonyl (C=O) groups excluding carboxylic acids is 2. The molecule has 0 spiro atoms. The molecule has 0 atom stereocenters. The number of H-pyrrole nitrogens is 1. The molecule has 1 heterocycles. The van der Waals surface area contributed by atoms with E-state index in [2.05, 4.69) is 4.98 Å². The van der Waals surface area contributed by atoms with Crippen LogP contribution in [0.2, 0.25) is 0 Å². The number of fused-ring (bicyclic) bond motifs is 1. The molecule has 0 fully saturated rings. The van der Waals surface area contributed by atoms with Gasteiger partial charge in [0.2, 0.25) is 0 Å². The summed E-state index contributed by atoms with van der Waals surface area (Å²) in [6, 6.07) is 5.14. The fraction of sp³-hybridized carbons (Fsp3) is 0.333. The Morgan fingerprint density at radius 3 is 2.55 bits per heavy atom. The van der Waals surface area contributed by atoms with Crippen LogP contribution in [-0.2, 0) is 9.53 Å². The number of benzene rings is 1. The minimum absolute atomic E-state index is 0.210. The number of aromatic amines is 1. The molecule has 1 N–H and O–H groups in total. The summed E-state index contributed by atoms with van der Waals surface area (Å²) < 4.78 is 10.0. The van der Waals surface area contributed by atoms with Crippen molar-refractivity contribution in [3.63, 3.8) is 0 Å². The quantitative estimate of drug-likeness (QED) is 0.691. The normalized spacial score (nSPS) is 10.8. The zero-order chi connectivity index (χ0) is 14.9. The first-order chi connectivity index (χ1) is 9.43. The lowest BCUT2D eigenvalue weighted by molar-refractivity contribution is -0.137. The lowest BCUT2D eigenvalue weighted by Crippen LogP contribution is -2.14. The first kappa shape index (κ1) is 14.1. The van der Waals surface area contributed by atoms with E-state index in [0.29, 0.717) is 16.7 Å². The van der Waals surface area contributed by atoms with Crippen LogP contribution >= 0.6 is 0 Å². The first-order valence-electron chi connectivity index (χ1n) is 6.36. The lowest BCUT2D eigenvalue weighted by Gasteiger charge is -2.07. The highest BCUT2D eigenvalue weighted by Gasteiger charge is 2.18. The summed E-state index contributed by atoms with van der Waals surface area (Å²) in [4.78, 5) is 26.5. The molecule has 1 aromatic carbocycles. The van der Waals surface area contributed by atoms with Crippen LogP contribution in [-0.4, -0.2) is 24.0 Å². The molecule has 0 bridgehead atoms. The van der Waals surface area contributed by atoms with Crippen molar-refractivity contribution in [2.45, 2.75) is 20.8 Å². The van der Waals surface area contributed by atoms with Crippen molar-refractivity contribution < 1.29 is 19.1 Å². The maximum absolute atomic E-state index is 11.8. The Kier molecular flexibility index (Phi) is 3.79. The van der Waals surface area contributed by atoms with Gasteiger partial charge in [-0.3, -0.25) is 4.79 Å². The largest absolute Gasteiger partial charge is 0.465 e. The van der Waals surface area contributed by atoms with Crippen molar-refractivity contribution in [1.29, 1.82) is 0 Å². The third-order valence-corrected chi connectivity index (χ3v) is 3.04. The smallest absolute Gasteiger partial charge is 0.340 e. The van der Waals surface area contributed by atoms with Crippen molar-refractivity contribution in [3.8, 4) is 5.75 Å². The highest BCUT2D eigenvalue weighted by Crippen LogP contribution is 2.27. The molecule has 2 rings (SSSR count). The van der Waals surface area contributed by atoms with Crippen LogP contribution in [0.15, 0.2) is 18.2 Å². The summed E-state index contributed by atoms with van der Waals surface area (Å²) in [7, 11) is 1.34. The second-order valence-corrected chi connectivity index (χ2v) is 4.90. The number of hydrogen-bond donors (Lipinski definition) is 1. The summed E-state index contributed by atoms with van der Waals surface area (Å²) in [5.74, 6) is -0.517. The number of nitrogens with one attached hydrogen (secondary N) is 1. The predicted molar refractivity (Wildman–Crippen MR) is 74.8 cm³/mol. The van der Waals surface area contributed by atoms with E-state index in [1.807, 2.05) is 0 Å². The molecule has 2 aromatic rings. The van der Waals surface area contributed by atoms with E-state index in [4.69, 9.17) is 9.47 Å². The number of carbonyl (C=O) groups is 2. The molecule has 20 heavy (non-hydrogen) atoms. The fourth-order valence-corrected chi connectivity index (χ4v) is 1.97. The zero-order valence-corrected chi connectivity index (χ0v) is 11.9. The SMILES string of the molecule is COC(=O)c1c(C)[nH]c2ccc(OC(=O)C(C)C)cc12. The monoisotopic (exact) mass is 275 g/mol. The Morgan fingerprint density at radius 1 is 1.25 bits per heavy atom. The molecule has 0 radical (unpaired) electrons. The van der Waals surface area contributed by atoms with Crippen LogP contribution in [0.25, 0.3) is 10.9 Å². The first-order valence-corrected chi connectivity index (χ1v) is 6.36. The number of rotatable bonds is 3. The molecule has 106 valence electrons. The lowest BCUT2D eigenvalue weighted by atomic mass is 10.1. The molecule has 0 saturated heterocycles. The highest BCUT2D eigenvalue weighted by molar-refractivity contribution is 6.06. The number of esters is 2. The van der Waals surface area contributed by atoms with E-state index >= 15 is 0 Å². The van der Waals surface area contributed by atoms with E-state index in [1.54, 1.807) is 39.0 Å². The van der Waals surface area contributed by atoms with Gasteiger partial charge >= 0.3 is 11.9 Å². The van der Waals surface area contributed by atoms with Crippen LogP contribution < -0.4 is 4.74 Å². The van der Waals surface area contributed by atoms with Crippen molar-refractivity contribution in [2.75, 3.05) is 7.11 Å². The minimum Gasteiger partial charge on any atom is -0.465 e. The van der Waals surface area contributed by atoms with Crippen LogP contribution in [0.3, 0.4) is 0 Å². The van der Waals surface area contributed by atoms with Gasteiger partial charge in [-0.15, -0.1) is 0 Å². The molecule has 5 heteroatoms. The van der Waals surface area contributed by atoms with Crippen LogP contribution in [0.5, 0.6) is 5.75 Å². The molecule has 0 aliphatic carbocycles. The Hall–Kier alpha value is -2.30. The van der Waals surface area contributed by atoms with Gasteiger partial charge in [0, 0.05) is 16.6 Å². The maximum atomic E-state index is 11.8. The van der Waals surface area contributed by atoms with Crippen molar-refractivity contribution >= 4 is 22.8 Å².